The molecule has 1 aromatic heterocycles. The van der Waals surface area contributed by atoms with Gasteiger partial charge in [-0.2, -0.15) is 0 Å². The van der Waals surface area contributed by atoms with Gasteiger partial charge in [0.05, 0.1) is 5.69 Å². The van der Waals surface area contributed by atoms with Gasteiger partial charge in [-0.1, -0.05) is 28.1 Å². The van der Waals surface area contributed by atoms with E-state index >= 15 is 0 Å². The van der Waals surface area contributed by atoms with Crippen molar-refractivity contribution < 1.29 is 0 Å². The maximum atomic E-state index is 5.68. The van der Waals surface area contributed by atoms with Crippen molar-refractivity contribution in [2.24, 2.45) is 5.73 Å². The van der Waals surface area contributed by atoms with Crippen LogP contribution in [-0.4, -0.2) is 22.3 Å². The minimum atomic E-state index is -0.189. The average Bonchev–Trinajstić information content (AvgIpc) is 2.39. The highest BCUT2D eigenvalue weighted by Gasteiger charge is 2.15. The summed E-state index contributed by atoms with van der Waals surface area (Å²) in [5.41, 5.74) is 7.37. The molecule has 0 saturated heterocycles. The van der Waals surface area contributed by atoms with E-state index in [0.29, 0.717) is 6.54 Å². The van der Waals surface area contributed by atoms with Crippen molar-refractivity contribution in [3.63, 3.8) is 0 Å². The molecule has 0 amide bonds. The third kappa shape index (κ3) is 3.75. The van der Waals surface area contributed by atoms with Gasteiger partial charge < -0.3 is 11.1 Å². The first-order valence-electron chi connectivity index (χ1n) is 6.08. The number of aromatic nitrogens is 2. The Kier molecular flexibility index (Phi) is 4.17. The van der Waals surface area contributed by atoms with Crippen molar-refractivity contribution in [1.82, 2.24) is 10.2 Å². The van der Waals surface area contributed by atoms with Gasteiger partial charge in [-0.15, -0.1) is 10.2 Å². The van der Waals surface area contributed by atoms with Gasteiger partial charge in [0.2, 0.25) is 0 Å². The van der Waals surface area contributed by atoms with Crippen molar-refractivity contribution in [2.75, 3.05) is 11.9 Å². The van der Waals surface area contributed by atoms with Crippen LogP contribution in [0.5, 0.6) is 0 Å². The van der Waals surface area contributed by atoms with Gasteiger partial charge >= 0.3 is 0 Å². The summed E-state index contributed by atoms with van der Waals surface area (Å²) in [7, 11) is 0. The molecule has 0 aliphatic heterocycles. The minimum Gasteiger partial charge on any atom is -0.362 e. The lowest BCUT2D eigenvalue weighted by molar-refractivity contribution is 0.576. The number of hydrogen-bond acceptors (Lipinski definition) is 4. The molecule has 0 bridgehead atoms. The predicted molar refractivity (Wildman–Crippen MR) is 81.9 cm³/mol. The molecule has 19 heavy (non-hydrogen) atoms. The monoisotopic (exact) mass is 320 g/mol. The van der Waals surface area contributed by atoms with Crippen LogP contribution >= 0.6 is 15.9 Å². The minimum absolute atomic E-state index is 0.189. The van der Waals surface area contributed by atoms with Gasteiger partial charge in [0, 0.05) is 22.1 Å². The summed E-state index contributed by atoms with van der Waals surface area (Å²) in [5, 5.41) is 11.7. The van der Waals surface area contributed by atoms with Crippen molar-refractivity contribution in [2.45, 2.75) is 19.4 Å². The fourth-order valence-electron chi connectivity index (χ4n) is 1.60. The lowest BCUT2D eigenvalue weighted by Crippen LogP contribution is -2.39. The van der Waals surface area contributed by atoms with Gasteiger partial charge in [-0.3, -0.25) is 0 Å². The standard InChI is InChI=1S/C14H17BrN4/c1-14(2,9-16)17-13-7-6-12(18-19-13)10-4-3-5-11(15)8-10/h3-8H,9,16H2,1-2H3,(H,17,19). The maximum Gasteiger partial charge on any atom is 0.149 e. The molecular formula is C14H17BrN4. The van der Waals surface area contributed by atoms with Crippen molar-refractivity contribution in [1.29, 1.82) is 0 Å². The lowest BCUT2D eigenvalue weighted by atomic mass is 10.1. The molecule has 4 nitrogen and oxygen atoms in total. The van der Waals surface area contributed by atoms with E-state index in [1.54, 1.807) is 0 Å². The Labute approximate surface area is 121 Å². The lowest BCUT2D eigenvalue weighted by Gasteiger charge is -2.24. The second-order valence-corrected chi connectivity index (χ2v) is 5.94. The second kappa shape index (κ2) is 5.67. The summed E-state index contributed by atoms with van der Waals surface area (Å²) in [6, 6.07) is 11.8. The van der Waals surface area contributed by atoms with Gasteiger partial charge in [0.15, 0.2) is 0 Å². The summed E-state index contributed by atoms with van der Waals surface area (Å²) in [6.07, 6.45) is 0. The third-order valence-corrected chi connectivity index (χ3v) is 3.25. The van der Waals surface area contributed by atoms with E-state index in [9.17, 15) is 0 Å². The second-order valence-electron chi connectivity index (χ2n) is 5.03. The molecule has 0 aliphatic rings. The van der Waals surface area contributed by atoms with E-state index in [-0.39, 0.29) is 5.54 Å². The molecule has 0 atom stereocenters. The smallest absolute Gasteiger partial charge is 0.149 e. The van der Waals surface area contributed by atoms with Crippen LogP contribution in [0.3, 0.4) is 0 Å². The summed E-state index contributed by atoms with van der Waals surface area (Å²) < 4.78 is 1.03. The fraction of sp³-hybridized carbons (Fsp3) is 0.286. The SMILES string of the molecule is CC(C)(CN)Nc1ccc(-c2cccc(Br)c2)nn1. The highest BCUT2D eigenvalue weighted by Crippen LogP contribution is 2.21. The molecule has 1 aromatic carbocycles. The van der Waals surface area contributed by atoms with Crippen molar-refractivity contribution in [3.05, 3.63) is 40.9 Å². The molecule has 3 N–H and O–H groups in total. The molecule has 0 spiro atoms. The van der Waals surface area contributed by atoms with Crippen LogP contribution in [-0.2, 0) is 0 Å². The zero-order chi connectivity index (χ0) is 13.9. The van der Waals surface area contributed by atoms with E-state index < -0.39 is 0 Å². The molecular weight excluding hydrogens is 304 g/mol. The Hall–Kier alpha value is -1.46. The quantitative estimate of drug-likeness (QED) is 0.908. The van der Waals surface area contributed by atoms with E-state index in [4.69, 9.17) is 5.73 Å². The summed E-state index contributed by atoms with van der Waals surface area (Å²) in [5.74, 6) is 0.731. The number of benzene rings is 1. The normalized spacial score (nSPS) is 11.4. The zero-order valence-electron chi connectivity index (χ0n) is 11.0. The van der Waals surface area contributed by atoms with Crippen LogP contribution in [0.25, 0.3) is 11.3 Å². The highest BCUT2D eigenvalue weighted by molar-refractivity contribution is 9.10. The number of nitrogens with zero attached hydrogens (tertiary/aromatic N) is 2. The molecule has 0 unspecified atom stereocenters. The molecule has 0 radical (unpaired) electrons. The number of anilines is 1. The topological polar surface area (TPSA) is 63.8 Å². The molecule has 5 heteroatoms. The maximum absolute atomic E-state index is 5.68. The van der Waals surface area contributed by atoms with Gasteiger partial charge in [0.1, 0.15) is 5.82 Å². The number of nitrogens with one attached hydrogen (secondary N) is 1. The fourth-order valence-corrected chi connectivity index (χ4v) is 2.00. The van der Waals surface area contributed by atoms with E-state index in [1.165, 1.54) is 0 Å². The molecule has 1 heterocycles. The van der Waals surface area contributed by atoms with Crippen LogP contribution in [0.4, 0.5) is 5.82 Å². The van der Waals surface area contributed by atoms with E-state index in [0.717, 1.165) is 21.5 Å². The Morgan fingerprint density at radius 3 is 2.58 bits per heavy atom. The first-order chi connectivity index (χ1) is 9.00. The Morgan fingerprint density at radius 1 is 1.21 bits per heavy atom. The Morgan fingerprint density at radius 2 is 2.00 bits per heavy atom. The summed E-state index contributed by atoms with van der Waals surface area (Å²) in [6.45, 7) is 4.58. The highest BCUT2D eigenvalue weighted by atomic mass is 79.9. The molecule has 2 aromatic rings. The summed E-state index contributed by atoms with van der Waals surface area (Å²) in [4.78, 5) is 0. The molecule has 0 saturated carbocycles. The van der Waals surface area contributed by atoms with Crippen molar-refractivity contribution in [3.8, 4) is 11.3 Å². The largest absolute Gasteiger partial charge is 0.362 e. The molecule has 100 valence electrons. The molecule has 2 rings (SSSR count). The number of halogens is 1. The average molecular weight is 321 g/mol. The van der Waals surface area contributed by atoms with Crippen LogP contribution in [0.1, 0.15) is 13.8 Å². The van der Waals surface area contributed by atoms with Crippen LogP contribution in [0, 0.1) is 0 Å². The first-order valence-corrected chi connectivity index (χ1v) is 6.87. The zero-order valence-corrected chi connectivity index (χ0v) is 12.6. The van der Waals surface area contributed by atoms with Gasteiger partial charge in [-0.05, 0) is 38.1 Å². The van der Waals surface area contributed by atoms with Crippen molar-refractivity contribution >= 4 is 21.7 Å². The number of nitrogens with two attached hydrogens (primary N) is 1. The first kappa shape index (κ1) is 14.0. The number of rotatable bonds is 4. The van der Waals surface area contributed by atoms with Crippen LogP contribution < -0.4 is 11.1 Å². The van der Waals surface area contributed by atoms with Gasteiger partial charge in [-0.25, -0.2) is 0 Å². The Balaban J connectivity index is 2.19. The van der Waals surface area contributed by atoms with Crippen LogP contribution in [0.15, 0.2) is 40.9 Å². The Bertz CT molecular complexity index is 552. The molecule has 0 aliphatic carbocycles. The van der Waals surface area contributed by atoms with Gasteiger partial charge in [0.25, 0.3) is 0 Å². The summed E-state index contributed by atoms with van der Waals surface area (Å²) >= 11 is 3.45. The van der Waals surface area contributed by atoms with Crippen LogP contribution in [0.2, 0.25) is 0 Å². The number of hydrogen-bond donors (Lipinski definition) is 2. The third-order valence-electron chi connectivity index (χ3n) is 2.76. The van der Waals surface area contributed by atoms with E-state index in [2.05, 4.69) is 31.4 Å². The molecule has 0 fully saturated rings. The predicted octanol–water partition coefficient (Wildman–Crippen LogP) is 3.06. The van der Waals surface area contributed by atoms with E-state index in [1.807, 2.05) is 50.2 Å².